The summed E-state index contributed by atoms with van der Waals surface area (Å²) in [6.07, 6.45) is 0.763. The molecule has 0 N–H and O–H groups in total. The highest BCUT2D eigenvalue weighted by Crippen LogP contribution is 2.27. The SMILES string of the molecule is CCc1nc2c(C)cc(C)nc2n1Cc1ccc2nn(-c3ccccc3C(=O)OC)c(C#Cc3ccccc3F)c2c1. The fourth-order valence-electron chi connectivity index (χ4n) is 5.22. The van der Waals surface area contributed by atoms with Gasteiger partial charge in [0.2, 0.25) is 0 Å². The van der Waals surface area contributed by atoms with Crippen molar-refractivity contribution in [1.82, 2.24) is 24.3 Å². The van der Waals surface area contributed by atoms with Crippen LogP contribution in [0.4, 0.5) is 4.39 Å². The summed E-state index contributed by atoms with van der Waals surface area (Å²) in [6, 6.07) is 21.5. The summed E-state index contributed by atoms with van der Waals surface area (Å²) in [5.74, 6) is 6.18. The number of esters is 1. The number of aromatic nitrogens is 5. The Labute approximate surface area is 242 Å². The fraction of sp³-hybridized carbons (Fsp3) is 0.176. The second kappa shape index (κ2) is 10.9. The molecule has 0 atom stereocenters. The number of fused-ring (bicyclic) bond motifs is 2. The number of nitrogens with zero attached hydrogens (tertiary/aromatic N) is 5. The smallest absolute Gasteiger partial charge is 0.340 e. The highest BCUT2D eigenvalue weighted by molar-refractivity contribution is 5.94. The first kappa shape index (κ1) is 26.9. The molecule has 0 aliphatic carbocycles. The minimum absolute atomic E-state index is 0.269. The fourth-order valence-corrected chi connectivity index (χ4v) is 5.22. The summed E-state index contributed by atoms with van der Waals surface area (Å²) in [5.41, 5.74) is 7.15. The summed E-state index contributed by atoms with van der Waals surface area (Å²) in [7, 11) is 1.34. The number of hydrogen-bond donors (Lipinski definition) is 0. The summed E-state index contributed by atoms with van der Waals surface area (Å²) < 4.78 is 23.3. The van der Waals surface area contributed by atoms with Gasteiger partial charge >= 0.3 is 5.97 Å². The Morgan fingerprint density at radius 2 is 1.76 bits per heavy atom. The summed E-state index contributed by atoms with van der Waals surface area (Å²) >= 11 is 0. The minimum Gasteiger partial charge on any atom is -0.465 e. The van der Waals surface area contributed by atoms with E-state index in [2.05, 4.69) is 30.3 Å². The molecule has 3 aromatic carbocycles. The molecule has 0 saturated carbocycles. The maximum atomic E-state index is 14.5. The lowest BCUT2D eigenvalue weighted by molar-refractivity contribution is 0.0600. The highest BCUT2D eigenvalue weighted by Gasteiger charge is 2.19. The molecule has 0 amide bonds. The van der Waals surface area contributed by atoms with E-state index < -0.39 is 11.8 Å². The number of para-hydroxylation sites is 1. The molecule has 6 rings (SSSR count). The van der Waals surface area contributed by atoms with Crippen molar-refractivity contribution in [3.8, 4) is 17.5 Å². The molecule has 0 unspecified atom stereocenters. The molecule has 0 radical (unpaired) electrons. The van der Waals surface area contributed by atoms with Gasteiger partial charge < -0.3 is 9.30 Å². The maximum Gasteiger partial charge on any atom is 0.340 e. The third-order valence-electron chi connectivity index (χ3n) is 7.22. The Hall–Kier alpha value is -5.29. The van der Waals surface area contributed by atoms with Gasteiger partial charge in [0.1, 0.15) is 22.9 Å². The molecule has 0 saturated heterocycles. The molecule has 0 aliphatic heterocycles. The van der Waals surface area contributed by atoms with Crippen molar-refractivity contribution in [2.24, 2.45) is 0 Å². The lowest BCUT2D eigenvalue weighted by atomic mass is 10.1. The van der Waals surface area contributed by atoms with E-state index in [1.807, 2.05) is 37.3 Å². The predicted molar refractivity (Wildman–Crippen MR) is 160 cm³/mol. The van der Waals surface area contributed by atoms with Crippen molar-refractivity contribution in [1.29, 1.82) is 0 Å². The van der Waals surface area contributed by atoms with Gasteiger partial charge in [-0.1, -0.05) is 43.2 Å². The lowest BCUT2D eigenvalue weighted by Crippen LogP contribution is -2.09. The summed E-state index contributed by atoms with van der Waals surface area (Å²) in [4.78, 5) is 22.3. The molecule has 0 fully saturated rings. The normalized spacial score (nSPS) is 11.1. The van der Waals surface area contributed by atoms with E-state index in [1.54, 1.807) is 41.1 Å². The molecule has 7 nitrogen and oxygen atoms in total. The van der Waals surface area contributed by atoms with Crippen LogP contribution in [0.5, 0.6) is 0 Å². The zero-order valence-corrected chi connectivity index (χ0v) is 23.8. The second-order valence-corrected chi connectivity index (χ2v) is 10.1. The first-order chi connectivity index (χ1) is 20.4. The van der Waals surface area contributed by atoms with Crippen molar-refractivity contribution in [2.75, 3.05) is 7.11 Å². The van der Waals surface area contributed by atoms with E-state index in [0.29, 0.717) is 29.0 Å². The number of imidazole rings is 1. The Balaban J connectivity index is 1.54. The number of methoxy groups -OCH3 is 1. The van der Waals surface area contributed by atoms with Crippen LogP contribution in [0.3, 0.4) is 0 Å². The van der Waals surface area contributed by atoms with Gasteiger partial charge in [-0.2, -0.15) is 5.10 Å². The van der Waals surface area contributed by atoms with Gasteiger partial charge in [-0.05, 0) is 73.4 Å². The minimum atomic E-state index is -0.490. The average molecular weight is 558 g/mol. The quantitative estimate of drug-likeness (QED) is 0.183. The van der Waals surface area contributed by atoms with Crippen molar-refractivity contribution in [3.63, 3.8) is 0 Å². The van der Waals surface area contributed by atoms with E-state index in [-0.39, 0.29) is 5.56 Å². The van der Waals surface area contributed by atoms with Crippen LogP contribution in [0.2, 0.25) is 0 Å². The van der Waals surface area contributed by atoms with Crippen molar-refractivity contribution in [3.05, 3.63) is 118 Å². The monoisotopic (exact) mass is 557 g/mol. The number of rotatable bonds is 5. The molecule has 0 bridgehead atoms. The van der Waals surface area contributed by atoms with E-state index >= 15 is 0 Å². The highest BCUT2D eigenvalue weighted by atomic mass is 19.1. The van der Waals surface area contributed by atoms with Gasteiger partial charge in [0.05, 0.1) is 36.0 Å². The zero-order chi connectivity index (χ0) is 29.4. The number of pyridine rings is 1. The topological polar surface area (TPSA) is 74.8 Å². The molecule has 0 spiro atoms. The molecule has 208 valence electrons. The van der Waals surface area contributed by atoms with Gasteiger partial charge in [-0.25, -0.2) is 23.8 Å². The van der Waals surface area contributed by atoms with Gasteiger partial charge in [0, 0.05) is 17.5 Å². The van der Waals surface area contributed by atoms with Gasteiger partial charge in [0.25, 0.3) is 0 Å². The van der Waals surface area contributed by atoms with Gasteiger partial charge in [0.15, 0.2) is 5.65 Å². The molecule has 42 heavy (non-hydrogen) atoms. The van der Waals surface area contributed by atoms with Crippen LogP contribution >= 0.6 is 0 Å². The Morgan fingerprint density at radius 1 is 0.976 bits per heavy atom. The van der Waals surface area contributed by atoms with E-state index in [1.165, 1.54) is 13.2 Å². The van der Waals surface area contributed by atoms with Gasteiger partial charge in [-0.3, -0.25) is 0 Å². The van der Waals surface area contributed by atoms with Crippen molar-refractivity contribution >= 4 is 28.0 Å². The zero-order valence-electron chi connectivity index (χ0n) is 23.8. The summed E-state index contributed by atoms with van der Waals surface area (Å²) in [6.45, 7) is 6.68. The Bertz CT molecular complexity index is 2060. The number of halogens is 1. The van der Waals surface area contributed by atoms with Gasteiger partial charge in [-0.15, -0.1) is 0 Å². The predicted octanol–water partition coefficient (Wildman–Crippen LogP) is 6.32. The third kappa shape index (κ3) is 4.79. The number of hydrogen-bond acceptors (Lipinski definition) is 5. The molecule has 6 aromatic rings. The van der Waals surface area contributed by atoms with Crippen LogP contribution in [0.1, 0.15) is 51.2 Å². The van der Waals surface area contributed by atoms with E-state index in [4.69, 9.17) is 19.8 Å². The molecule has 0 aliphatic rings. The maximum absolute atomic E-state index is 14.5. The summed E-state index contributed by atoms with van der Waals surface area (Å²) in [5, 5.41) is 5.60. The van der Waals surface area contributed by atoms with E-state index in [0.717, 1.165) is 45.6 Å². The molecule has 3 aromatic heterocycles. The van der Waals surface area contributed by atoms with Crippen LogP contribution in [0.15, 0.2) is 72.8 Å². The van der Waals surface area contributed by atoms with Crippen molar-refractivity contribution < 1.29 is 13.9 Å². The van der Waals surface area contributed by atoms with Crippen LogP contribution in [-0.2, 0) is 17.7 Å². The standard InChI is InChI=1S/C34H28FN5O2/c1-5-31-37-32-21(2)18-22(3)36-33(32)39(31)20-23-14-16-28-26(19-23)30(17-15-24-10-6-8-12-27(24)35)40(38-28)29-13-9-7-11-25(29)34(41)42-4/h6-14,16,18-19H,5,20H2,1-4H3. The second-order valence-electron chi connectivity index (χ2n) is 10.1. The van der Waals surface area contributed by atoms with Crippen LogP contribution < -0.4 is 0 Å². The largest absolute Gasteiger partial charge is 0.465 e. The molecule has 8 heteroatoms. The molecular formula is C34H28FN5O2. The number of aryl methyl sites for hydroxylation is 3. The number of carbonyl (C=O) groups is 1. The molecular weight excluding hydrogens is 529 g/mol. The van der Waals surface area contributed by atoms with E-state index in [9.17, 15) is 9.18 Å². The first-order valence-electron chi connectivity index (χ1n) is 13.7. The average Bonchev–Trinajstić information content (AvgIpc) is 3.54. The Morgan fingerprint density at radius 3 is 2.55 bits per heavy atom. The van der Waals surface area contributed by atoms with Crippen molar-refractivity contribution in [2.45, 2.75) is 33.7 Å². The number of ether oxygens (including phenoxy) is 1. The lowest BCUT2D eigenvalue weighted by Gasteiger charge is -2.09. The van der Waals surface area contributed by atoms with Crippen LogP contribution in [0.25, 0.3) is 27.8 Å². The third-order valence-corrected chi connectivity index (χ3v) is 7.22. The number of benzene rings is 3. The first-order valence-corrected chi connectivity index (χ1v) is 13.7. The number of carbonyl (C=O) groups excluding carboxylic acids is 1. The van der Waals surface area contributed by atoms with Crippen LogP contribution in [-0.4, -0.2) is 37.4 Å². The van der Waals surface area contributed by atoms with Crippen LogP contribution in [0, 0.1) is 31.5 Å². The Kier molecular flexibility index (Phi) is 7.01. The molecule has 3 heterocycles.